The Hall–Kier alpha value is -2.90. The average Bonchev–Trinajstić information content (AvgIpc) is 2.52. The Morgan fingerprint density at radius 1 is 1.07 bits per heavy atom. The third kappa shape index (κ3) is 9.73. The third-order valence-corrected chi connectivity index (χ3v) is 3.08. The molecule has 0 radical (unpaired) electrons. The van der Waals surface area contributed by atoms with E-state index in [-0.39, 0.29) is 24.3 Å². The van der Waals surface area contributed by atoms with Gasteiger partial charge in [-0.3, -0.25) is 15.1 Å². The lowest BCUT2D eigenvalue weighted by Gasteiger charge is -2.20. The minimum atomic E-state index is -0.689. The van der Waals surface area contributed by atoms with E-state index >= 15 is 0 Å². The lowest BCUT2D eigenvalue weighted by atomic mass is 10.1. The first-order valence-electron chi connectivity index (χ1n) is 9.35. The van der Waals surface area contributed by atoms with Crippen molar-refractivity contribution in [3.8, 4) is 0 Å². The van der Waals surface area contributed by atoms with E-state index in [1.54, 1.807) is 60.6 Å². The van der Waals surface area contributed by atoms with Gasteiger partial charge in [-0.2, -0.15) is 0 Å². The van der Waals surface area contributed by atoms with E-state index in [4.69, 9.17) is 14.2 Å². The maximum atomic E-state index is 12.3. The van der Waals surface area contributed by atoms with Crippen molar-refractivity contribution in [1.82, 2.24) is 4.98 Å². The molecule has 1 amide bonds. The van der Waals surface area contributed by atoms with Crippen molar-refractivity contribution in [2.75, 3.05) is 11.9 Å². The highest BCUT2D eigenvalue weighted by Gasteiger charge is 2.22. The Bertz CT molecular complexity index is 772. The van der Waals surface area contributed by atoms with E-state index in [0.717, 1.165) is 0 Å². The number of carbonyl (C=O) groups excluding carboxylic acids is 3. The summed E-state index contributed by atoms with van der Waals surface area (Å²) in [7, 11) is 0. The van der Waals surface area contributed by atoms with Gasteiger partial charge >= 0.3 is 18.0 Å². The van der Waals surface area contributed by atoms with Gasteiger partial charge in [0.25, 0.3) is 0 Å². The number of rotatable bonds is 6. The van der Waals surface area contributed by atoms with Crippen molar-refractivity contribution in [1.29, 1.82) is 0 Å². The molecule has 0 bridgehead atoms. The SMILES string of the molecule is CCOC(=O)/C(=C/c1ncccc1NC(=O)OC(C)(C)C)CC(=O)OC(C)(C)C. The highest BCUT2D eigenvalue weighted by atomic mass is 16.6. The molecule has 1 aromatic rings. The fraction of sp³-hybridized carbons (Fsp3) is 0.524. The van der Waals surface area contributed by atoms with E-state index in [0.29, 0.717) is 5.69 Å². The molecule has 0 aliphatic carbocycles. The first-order valence-corrected chi connectivity index (χ1v) is 9.35. The third-order valence-electron chi connectivity index (χ3n) is 3.08. The second-order valence-electron chi connectivity index (χ2n) is 8.22. The normalized spacial score (nSPS) is 12.2. The van der Waals surface area contributed by atoms with Crippen molar-refractivity contribution in [2.45, 2.75) is 66.1 Å². The number of nitrogens with zero attached hydrogens (tertiary/aromatic N) is 1. The molecule has 0 aliphatic heterocycles. The lowest BCUT2D eigenvalue weighted by Crippen LogP contribution is -2.27. The van der Waals surface area contributed by atoms with Crippen LogP contribution in [0.2, 0.25) is 0 Å². The molecule has 0 saturated heterocycles. The van der Waals surface area contributed by atoms with Gasteiger partial charge in [-0.05, 0) is 66.7 Å². The second kappa shape index (κ2) is 10.0. The van der Waals surface area contributed by atoms with Crippen LogP contribution >= 0.6 is 0 Å². The standard InChI is InChI=1S/C21H30N2O6/c1-8-27-18(25)14(13-17(24)28-20(2,3)4)12-16-15(10-9-11-22-16)23-19(26)29-21(5,6)7/h9-12H,8,13H2,1-7H3,(H,23,26)/b14-12+. The van der Waals surface area contributed by atoms with Crippen LogP contribution in [0.1, 0.15) is 60.6 Å². The summed E-state index contributed by atoms with van der Waals surface area (Å²) in [4.78, 5) is 40.8. The minimum Gasteiger partial charge on any atom is -0.463 e. The van der Waals surface area contributed by atoms with Gasteiger partial charge in [0.2, 0.25) is 0 Å². The molecule has 0 saturated carbocycles. The molecule has 0 unspecified atom stereocenters. The van der Waals surface area contributed by atoms with Crippen LogP contribution < -0.4 is 5.32 Å². The number of hydrogen-bond donors (Lipinski definition) is 1. The summed E-state index contributed by atoms with van der Waals surface area (Å²) < 4.78 is 15.6. The zero-order valence-corrected chi connectivity index (χ0v) is 18.1. The number of hydrogen-bond acceptors (Lipinski definition) is 7. The molecule has 1 heterocycles. The molecule has 29 heavy (non-hydrogen) atoms. The summed E-state index contributed by atoms with van der Waals surface area (Å²) in [6, 6.07) is 3.24. The van der Waals surface area contributed by atoms with Crippen LogP contribution in [0.5, 0.6) is 0 Å². The molecule has 160 valence electrons. The Balaban J connectivity index is 3.16. The van der Waals surface area contributed by atoms with E-state index in [2.05, 4.69) is 10.3 Å². The minimum absolute atomic E-state index is 0.0621. The predicted molar refractivity (Wildman–Crippen MR) is 109 cm³/mol. The van der Waals surface area contributed by atoms with Crippen LogP contribution in [-0.2, 0) is 23.8 Å². The van der Waals surface area contributed by atoms with Gasteiger partial charge in [0, 0.05) is 6.20 Å². The highest BCUT2D eigenvalue weighted by molar-refractivity contribution is 5.99. The fourth-order valence-electron chi connectivity index (χ4n) is 2.16. The topological polar surface area (TPSA) is 104 Å². The molecular formula is C21H30N2O6. The molecule has 0 aliphatic rings. The van der Waals surface area contributed by atoms with Crippen molar-refractivity contribution in [2.24, 2.45) is 0 Å². The molecule has 1 aromatic heterocycles. The maximum absolute atomic E-state index is 12.3. The monoisotopic (exact) mass is 406 g/mol. The van der Waals surface area contributed by atoms with Crippen LogP contribution in [0.4, 0.5) is 10.5 Å². The molecule has 0 aromatic carbocycles. The largest absolute Gasteiger partial charge is 0.463 e. The smallest absolute Gasteiger partial charge is 0.412 e. The second-order valence-corrected chi connectivity index (χ2v) is 8.22. The van der Waals surface area contributed by atoms with E-state index < -0.39 is 29.2 Å². The first-order chi connectivity index (χ1) is 13.3. The summed E-state index contributed by atoms with van der Waals surface area (Å²) in [5.41, 5.74) is -0.690. The molecule has 8 nitrogen and oxygen atoms in total. The lowest BCUT2D eigenvalue weighted by molar-refractivity contribution is -0.155. The van der Waals surface area contributed by atoms with Crippen LogP contribution in [-0.4, -0.2) is 40.8 Å². The number of nitrogens with one attached hydrogen (secondary N) is 1. The molecule has 0 atom stereocenters. The molecule has 1 rings (SSSR count). The van der Waals surface area contributed by atoms with Gasteiger partial charge in [-0.25, -0.2) is 9.59 Å². The summed E-state index contributed by atoms with van der Waals surface area (Å²) in [5, 5.41) is 2.60. The Morgan fingerprint density at radius 3 is 2.24 bits per heavy atom. The quantitative estimate of drug-likeness (QED) is 0.431. The van der Waals surface area contributed by atoms with Gasteiger partial charge < -0.3 is 14.2 Å². The zero-order valence-electron chi connectivity index (χ0n) is 18.1. The number of esters is 2. The number of carbonyl (C=O) groups is 3. The number of aromatic nitrogens is 1. The van der Waals surface area contributed by atoms with Gasteiger partial charge in [0.15, 0.2) is 0 Å². The molecule has 0 spiro atoms. The molecule has 8 heteroatoms. The van der Waals surface area contributed by atoms with Gasteiger partial charge in [-0.1, -0.05) is 0 Å². The Morgan fingerprint density at radius 2 is 1.69 bits per heavy atom. The van der Waals surface area contributed by atoms with Gasteiger partial charge in [0.05, 0.1) is 30.0 Å². The van der Waals surface area contributed by atoms with E-state index in [9.17, 15) is 14.4 Å². The van der Waals surface area contributed by atoms with Gasteiger partial charge in [-0.15, -0.1) is 0 Å². The Kier molecular flexibility index (Phi) is 8.36. The van der Waals surface area contributed by atoms with Crippen molar-refractivity contribution in [3.63, 3.8) is 0 Å². The summed E-state index contributed by atoms with van der Waals surface area (Å²) >= 11 is 0. The van der Waals surface area contributed by atoms with Crippen molar-refractivity contribution < 1.29 is 28.6 Å². The zero-order chi connectivity index (χ0) is 22.2. The van der Waals surface area contributed by atoms with E-state index in [1.165, 1.54) is 12.3 Å². The summed E-state index contributed by atoms with van der Waals surface area (Å²) in [6.07, 6.45) is 1.94. The van der Waals surface area contributed by atoms with Crippen LogP contribution in [0.3, 0.4) is 0 Å². The molecular weight excluding hydrogens is 376 g/mol. The summed E-state index contributed by atoms with van der Waals surface area (Å²) in [5.74, 6) is -1.23. The predicted octanol–water partition coefficient (Wildman–Crippen LogP) is 4.11. The molecule has 1 N–H and O–H groups in total. The fourth-order valence-corrected chi connectivity index (χ4v) is 2.16. The number of ether oxygens (including phenoxy) is 3. The molecule has 0 fully saturated rings. The average molecular weight is 406 g/mol. The number of pyridine rings is 1. The highest BCUT2D eigenvalue weighted by Crippen LogP contribution is 2.21. The van der Waals surface area contributed by atoms with Crippen LogP contribution in [0, 0.1) is 0 Å². The number of anilines is 1. The number of amides is 1. The maximum Gasteiger partial charge on any atom is 0.412 e. The van der Waals surface area contributed by atoms with Crippen LogP contribution in [0.25, 0.3) is 6.08 Å². The Labute approximate surface area is 171 Å². The van der Waals surface area contributed by atoms with Gasteiger partial charge in [0.1, 0.15) is 11.2 Å². The van der Waals surface area contributed by atoms with Crippen LogP contribution in [0.15, 0.2) is 23.9 Å². The van der Waals surface area contributed by atoms with Crippen molar-refractivity contribution in [3.05, 3.63) is 29.6 Å². The van der Waals surface area contributed by atoms with E-state index in [1.807, 2.05) is 0 Å². The first kappa shape index (κ1) is 24.1. The van der Waals surface area contributed by atoms with Crippen molar-refractivity contribution >= 4 is 29.8 Å². The summed E-state index contributed by atoms with van der Waals surface area (Å²) in [6.45, 7) is 12.3.